The van der Waals surface area contributed by atoms with Crippen LogP contribution in [0.1, 0.15) is 31.7 Å². The van der Waals surface area contributed by atoms with E-state index in [0.29, 0.717) is 11.3 Å². The third kappa shape index (κ3) is 3.47. The van der Waals surface area contributed by atoms with Crippen molar-refractivity contribution in [1.29, 1.82) is 5.26 Å². The predicted octanol–water partition coefficient (Wildman–Crippen LogP) is 2.34. The second-order valence-corrected chi connectivity index (χ2v) is 4.78. The van der Waals surface area contributed by atoms with E-state index in [0.717, 1.165) is 25.9 Å². The molecule has 2 rings (SSSR count). The molecule has 1 fully saturated rings. The lowest BCUT2D eigenvalue weighted by atomic mass is 10.1. The molecule has 1 aliphatic heterocycles. The Bertz CT molecular complexity index is 470. The monoisotopic (exact) mass is 258 g/mol. The van der Waals surface area contributed by atoms with Crippen molar-refractivity contribution in [2.75, 3.05) is 13.1 Å². The number of nitriles is 1. The fourth-order valence-corrected chi connectivity index (χ4v) is 2.23. The standard InChI is InChI=1S/C15H18N2O2/c1-12(15(18)17-9-3-2-4-10-17)19-14-7-5-13(11-16)6-8-14/h5-8,12H,2-4,9-10H2,1H3. The molecule has 1 heterocycles. The molecule has 19 heavy (non-hydrogen) atoms. The zero-order valence-corrected chi connectivity index (χ0v) is 11.1. The van der Waals surface area contributed by atoms with Crippen LogP contribution in [0.25, 0.3) is 0 Å². The second-order valence-electron chi connectivity index (χ2n) is 4.78. The predicted molar refractivity (Wildman–Crippen MR) is 71.7 cm³/mol. The van der Waals surface area contributed by atoms with Crippen LogP contribution in [0.15, 0.2) is 24.3 Å². The van der Waals surface area contributed by atoms with Crippen molar-refractivity contribution in [1.82, 2.24) is 4.90 Å². The van der Waals surface area contributed by atoms with Crippen molar-refractivity contribution in [3.63, 3.8) is 0 Å². The molecule has 0 radical (unpaired) electrons. The van der Waals surface area contributed by atoms with Crippen molar-refractivity contribution in [3.05, 3.63) is 29.8 Å². The van der Waals surface area contributed by atoms with Gasteiger partial charge in [-0.3, -0.25) is 4.79 Å². The number of amides is 1. The van der Waals surface area contributed by atoms with E-state index in [1.54, 1.807) is 31.2 Å². The lowest BCUT2D eigenvalue weighted by molar-refractivity contribution is -0.138. The first-order valence-corrected chi connectivity index (χ1v) is 6.66. The molecule has 1 aliphatic rings. The van der Waals surface area contributed by atoms with Gasteiger partial charge >= 0.3 is 0 Å². The molecule has 100 valence electrons. The Morgan fingerprint density at radius 2 is 1.89 bits per heavy atom. The van der Waals surface area contributed by atoms with Gasteiger partial charge in [-0.25, -0.2) is 0 Å². The average molecular weight is 258 g/mol. The van der Waals surface area contributed by atoms with Crippen LogP contribution < -0.4 is 4.74 Å². The van der Waals surface area contributed by atoms with Gasteiger partial charge in [-0.05, 0) is 50.5 Å². The number of piperidine rings is 1. The van der Waals surface area contributed by atoms with Gasteiger partial charge in [-0.1, -0.05) is 0 Å². The molecule has 0 aromatic heterocycles. The molecule has 1 aromatic carbocycles. The normalized spacial score (nSPS) is 16.5. The van der Waals surface area contributed by atoms with Crippen molar-refractivity contribution in [2.24, 2.45) is 0 Å². The van der Waals surface area contributed by atoms with Crippen LogP contribution in [-0.2, 0) is 4.79 Å². The minimum Gasteiger partial charge on any atom is -0.481 e. The Morgan fingerprint density at radius 3 is 2.47 bits per heavy atom. The summed E-state index contributed by atoms with van der Waals surface area (Å²) in [7, 11) is 0. The van der Waals surface area contributed by atoms with Gasteiger partial charge in [0.15, 0.2) is 6.10 Å². The first-order valence-electron chi connectivity index (χ1n) is 6.66. The third-order valence-corrected chi connectivity index (χ3v) is 3.31. The zero-order valence-electron chi connectivity index (χ0n) is 11.1. The van der Waals surface area contributed by atoms with E-state index >= 15 is 0 Å². The molecule has 0 N–H and O–H groups in total. The quantitative estimate of drug-likeness (QED) is 0.836. The lowest BCUT2D eigenvalue weighted by Gasteiger charge is -2.29. The molecule has 1 amide bonds. The van der Waals surface area contributed by atoms with Crippen molar-refractivity contribution >= 4 is 5.91 Å². The van der Waals surface area contributed by atoms with Gasteiger partial charge < -0.3 is 9.64 Å². The van der Waals surface area contributed by atoms with Crippen LogP contribution in [0.2, 0.25) is 0 Å². The summed E-state index contributed by atoms with van der Waals surface area (Å²) in [6.07, 6.45) is 2.88. The SMILES string of the molecule is CC(Oc1ccc(C#N)cc1)C(=O)N1CCCCC1. The maximum absolute atomic E-state index is 12.2. The van der Waals surface area contributed by atoms with E-state index in [1.165, 1.54) is 6.42 Å². The highest BCUT2D eigenvalue weighted by Gasteiger charge is 2.23. The molecule has 0 aliphatic carbocycles. The number of likely N-dealkylation sites (tertiary alicyclic amines) is 1. The summed E-state index contributed by atoms with van der Waals surface area (Å²) >= 11 is 0. The van der Waals surface area contributed by atoms with Crippen LogP contribution >= 0.6 is 0 Å². The van der Waals surface area contributed by atoms with Gasteiger partial charge in [0.05, 0.1) is 11.6 Å². The molecule has 0 spiro atoms. The van der Waals surface area contributed by atoms with Gasteiger partial charge in [0.1, 0.15) is 5.75 Å². The molecule has 1 aromatic rings. The number of hydrogen-bond acceptors (Lipinski definition) is 3. The molecule has 0 saturated carbocycles. The Labute approximate surface area is 113 Å². The minimum absolute atomic E-state index is 0.0454. The largest absolute Gasteiger partial charge is 0.481 e. The molecule has 1 saturated heterocycles. The third-order valence-electron chi connectivity index (χ3n) is 3.31. The highest BCUT2D eigenvalue weighted by atomic mass is 16.5. The van der Waals surface area contributed by atoms with E-state index in [2.05, 4.69) is 6.07 Å². The number of hydrogen-bond donors (Lipinski definition) is 0. The highest BCUT2D eigenvalue weighted by Crippen LogP contribution is 2.16. The van der Waals surface area contributed by atoms with Crippen molar-refractivity contribution < 1.29 is 9.53 Å². The van der Waals surface area contributed by atoms with E-state index in [1.807, 2.05) is 4.90 Å². The summed E-state index contributed by atoms with van der Waals surface area (Å²) in [6.45, 7) is 3.44. The van der Waals surface area contributed by atoms with Crippen LogP contribution in [0.3, 0.4) is 0 Å². The van der Waals surface area contributed by atoms with Gasteiger partial charge in [0.25, 0.3) is 5.91 Å². The zero-order chi connectivity index (χ0) is 13.7. The van der Waals surface area contributed by atoms with Gasteiger partial charge in [0.2, 0.25) is 0 Å². The molecule has 4 nitrogen and oxygen atoms in total. The Morgan fingerprint density at radius 1 is 1.26 bits per heavy atom. The summed E-state index contributed by atoms with van der Waals surface area (Å²) in [6, 6.07) is 8.87. The maximum Gasteiger partial charge on any atom is 0.263 e. The summed E-state index contributed by atoms with van der Waals surface area (Å²) in [4.78, 5) is 14.0. The summed E-state index contributed by atoms with van der Waals surface area (Å²) in [5, 5.41) is 8.72. The topological polar surface area (TPSA) is 53.3 Å². The van der Waals surface area contributed by atoms with Gasteiger partial charge in [0, 0.05) is 13.1 Å². The van der Waals surface area contributed by atoms with E-state index in [9.17, 15) is 4.79 Å². The molecular formula is C15H18N2O2. The lowest BCUT2D eigenvalue weighted by Crippen LogP contribution is -2.43. The smallest absolute Gasteiger partial charge is 0.263 e. The Hall–Kier alpha value is -2.02. The number of carbonyl (C=O) groups excluding carboxylic acids is 1. The Balaban J connectivity index is 1.93. The summed E-state index contributed by atoms with van der Waals surface area (Å²) < 4.78 is 5.63. The number of rotatable bonds is 3. The Kier molecular flexibility index (Phi) is 4.40. The molecule has 1 unspecified atom stereocenters. The van der Waals surface area contributed by atoms with Crippen molar-refractivity contribution in [2.45, 2.75) is 32.3 Å². The first-order chi connectivity index (χ1) is 9.20. The van der Waals surface area contributed by atoms with E-state index in [-0.39, 0.29) is 5.91 Å². The molecule has 1 atom stereocenters. The number of nitrogens with zero attached hydrogens (tertiary/aromatic N) is 2. The van der Waals surface area contributed by atoms with Crippen LogP contribution in [0, 0.1) is 11.3 Å². The average Bonchev–Trinajstić information content (AvgIpc) is 2.48. The summed E-state index contributed by atoms with van der Waals surface area (Å²) in [5.74, 6) is 0.668. The van der Waals surface area contributed by atoms with Gasteiger partial charge in [-0.15, -0.1) is 0 Å². The van der Waals surface area contributed by atoms with E-state index < -0.39 is 6.10 Å². The minimum atomic E-state index is -0.481. The fraction of sp³-hybridized carbons (Fsp3) is 0.467. The van der Waals surface area contributed by atoms with Crippen molar-refractivity contribution in [3.8, 4) is 11.8 Å². The summed E-state index contributed by atoms with van der Waals surface area (Å²) in [5.41, 5.74) is 0.586. The number of benzene rings is 1. The molecular weight excluding hydrogens is 240 g/mol. The second kappa shape index (κ2) is 6.24. The number of carbonyl (C=O) groups is 1. The molecule has 4 heteroatoms. The maximum atomic E-state index is 12.2. The highest BCUT2D eigenvalue weighted by molar-refractivity contribution is 5.81. The van der Waals surface area contributed by atoms with Crippen LogP contribution in [0.5, 0.6) is 5.75 Å². The van der Waals surface area contributed by atoms with Crippen LogP contribution in [-0.4, -0.2) is 30.0 Å². The van der Waals surface area contributed by atoms with E-state index in [4.69, 9.17) is 10.00 Å². The first kappa shape index (κ1) is 13.4. The van der Waals surface area contributed by atoms with Gasteiger partial charge in [-0.2, -0.15) is 5.26 Å². The van der Waals surface area contributed by atoms with Crippen LogP contribution in [0.4, 0.5) is 0 Å². The number of ether oxygens (including phenoxy) is 1. The molecule has 0 bridgehead atoms. The fourth-order valence-electron chi connectivity index (χ4n) is 2.23.